The molecule has 0 aromatic carbocycles. The van der Waals surface area contributed by atoms with E-state index in [0.717, 1.165) is 42.1 Å². The van der Waals surface area contributed by atoms with Gasteiger partial charge in [-0.1, -0.05) is 11.6 Å². The van der Waals surface area contributed by atoms with E-state index in [9.17, 15) is 0 Å². The molecule has 0 N–H and O–H groups in total. The zero-order valence-corrected chi connectivity index (χ0v) is 9.08. The van der Waals surface area contributed by atoms with Crippen molar-refractivity contribution in [3.63, 3.8) is 0 Å². The molecular formula is C10H10ClN3O. The lowest BCUT2D eigenvalue weighted by Crippen LogP contribution is -2.12. The quantitative estimate of drug-likeness (QED) is 0.686. The van der Waals surface area contributed by atoms with E-state index >= 15 is 0 Å². The van der Waals surface area contributed by atoms with Gasteiger partial charge in [-0.15, -0.1) is 0 Å². The minimum atomic E-state index is 0.523. The van der Waals surface area contributed by atoms with E-state index in [1.54, 1.807) is 4.52 Å². The molecule has 78 valence electrons. The summed E-state index contributed by atoms with van der Waals surface area (Å²) in [5.74, 6) is 0.800. The summed E-state index contributed by atoms with van der Waals surface area (Å²) in [6.45, 7) is 2.66. The molecule has 0 spiro atoms. The van der Waals surface area contributed by atoms with Crippen molar-refractivity contribution in [2.45, 2.75) is 19.8 Å². The number of imidazole rings is 1. The van der Waals surface area contributed by atoms with Crippen LogP contribution in [0.1, 0.15) is 17.7 Å². The third-order valence-corrected chi connectivity index (χ3v) is 2.85. The number of aromatic nitrogens is 3. The number of nitrogens with zero attached hydrogens (tertiary/aromatic N) is 3. The third kappa shape index (κ3) is 1.28. The standard InChI is InChI=1S/C10H10ClN3O/c1-6-5-14-10(12-6)8-7(9(11)13-14)3-2-4-15-8/h5H,2-4H2,1H3. The molecule has 15 heavy (non-hydrogen) atoms. The Morgan fingerprint density at radius 2 is 2.40 bits per heavy atom. The highest BCUT2D eigenvalue weighted by Gasteiger charge is 2.20. The fourth-order valence-electron chi connectivity index (χ4n) is 1.89. The lowest BCUT2D eigenvalue weighted by Gasteiger charge is -2.17. The normalized spacial score (nSPS) is 15.1. The molecule has 0 atom stereocenters. The van der Waals surface area contributed by atoms with Gasteiger partial charge in [-0.3, -0.25) is 0 Å². The number of rotatable bonds is 0. The highest BCUT2D eigenvalue weighted by molar-refractivity contribution is 6.30. The maximum absolute atomic E-state index is 6.09. The van der Waals surface area contributed by atoms with Gasteiger partial charge in [0.1, 0.15) is 0 Å². The van der Waals surface area contributed by atoms with Gasteiger partial charge in [0.2, 0.25) is 0 Å². The zero-order chi connectivity index (χ0) is 10.4. The van der Waals surface area contributed by atoms with Gasteiger partial charge in [-0.05, 0) is 19.8 Å². The predicted octanol–water partition coefficient (Wildman–Crippen LogP) is 2.02. The summed E-state index contributed by atoms with van der Waals surface area (Å²) in [6.07, 6.45) is 3.76. The Morgan fingerprint density at radius 3 is 3.27 bits per heavy atom. The Kier molecular flexibility index (Phi) is 1.85. The molecule has 2 aromatic rings. The molecule has 3 heterocycles. The maximum atomic E-state index is 6.09. The van der Waals surface area contributed by atoms with Gasteiger partial charge in [0.05, 0.1) is 18.5 Å². The third-order valence-electron chi connectivity index (χ3n) is 2.55. The zero-order valence-electron chi connectivity index (χ0n) is 8.33. The van der Waals surface area contributed by atoms with Crippen LogP contribution in [0.5, 0.6) is 5.75 Å². The first-order chi connectivity index (χ1) is 7.25. The average molecular weight is 224 g/mol. The van der Waals surface area contributed by atoms with Crippen LogP contribution < -0.4 is 4.74 Å². The van der Waals surface area contributed by atoms with Crippen LogP contribution in [-0.2, 0) is 6.42 Å². The summed E-state index contributed by atoms with van der Waals surface area (Å²) in [5.41, 5.74) is 2.67. The molecule has 0 bridgehead atoms. The first-order valence-corrected chi connectivity index (χ1v) is 5.30. The first-order valence-electron chi connectivity index (χ1n) is 4.93. The van der Waals surface area contributed by atoms with Crippen molar-refractivity contribution in [3.8, 4) is 5.75 Å². The Hall–Kier alpha value is -1.29. The lowest BCUT2D eigenvalue weighted by atomic mass is 10.1. The van der Waals surface area contributed by atoms with E-state index in [1.807, 2.05) is 13.1 Å². The topological polar surface area (TPSA) is 39.4 Å². The van der Waals surface area contributed by atoms with Crippen LogP contribution in [0.25, 0.3) is 5.65 Å². The first kappa shape index (κ1) is 8.97. The number of fused-ring (bicyclic) bond motifs is 3. The maximum Gasteiger partial charge on any atom is 0.197 e. The van der Waals surface area contributed by atoms with E-state index in [0.29, 0.717) is 5.15 Å². The number of aryl methyl sites for hydroxylation is 1. The molecule has 0 saturated carbocycles. The Balaban J connectivity index is 2.38. The minimum absolute atomic E-state index is 0.523. The van der Waals surface area contributed by atoms with Crippen molar-refractivity contribution in [3.05, 3.63) is 22.6 Å². The van der Waals surface area contributed by atoms with E-state index in [1.165, 1.54) is 0 Å². The lowest BCUT2D eigenvalue weighted by molar-refractivity contribution is 0.289. The molecular weight excluding hydrogens is 214 g/mol. The molecule has 0 aliphatic carbocycles. The number of ether oxygens (including phenoxy) is 1. The molecule has 1 aliphatic heterocycles. The van der Waals surface area contributed by atoms with E-state index in [2.05, 4.69) is 10.1 Å². The molecule has 5 heteroatoms. The smallest absolute Gasteiger partial charge is 0.197 e. The van der Waals surface area contributed by atoms with Crippen LogP contribution in [0.2, 0.25) is 5.15 Å². The van der Waals surface area contributed by atoms with Gasteiger partial charge in [-0.25, -0.2) is 9.50 Å². The van der Waals surface area contributed by atoms with Crippen LogP contribution >= 0.6 is 11.6 Å². The van der Waals surface area contributed by atoms with Gasteiger partial charge in [0, 0.05) is 5.56 Å². The van der Waals surface area contributed by atoms with Gasteiger partial charge in [0.25, 0.3) is 0 Å². The van der Waals surface area contributed by atoms with E-state index < -0.39 is 0 Å². The largest absolute Gasteiger partial charge is 0.489 e. The average Bonchev–Trinajstić information content (AvgIpc) is 2.59. The highest BCUT2D eigenvalue weighted by atomic mass is 35.5. The van der Waals surface area contributed by atoms with Gasteiger partial charge < -0.3 is 4.74 Å². The molecule has 0 fully saturated rings. The van der Waals surface area contributed by atoms with E-state index in [-0.39, 0.29) is 0 Å². The molecule has 0 radical (unpaired) electrons. The molecule has 1 aliphatic rings. The predicted molar refractivity (Wildman–Crippen MR) is 56.6 cm³/mol. The minimum Gasteiger partial charge on any atom is -0.489 e. The number of halogens is 1. The summed E-state index contributed by atoms with van der Waals surface area (Å²) in [6, 6.07) is 0. The van der Waals surface area contributed by atoms with Crippen LogP contribution in [0, 0.1) is 6.92 Å². The molecule has 3 rings (SSSR count). The molecule has 0 amide bonds. The van der Waals surface area contributed by atoms with Gasteiger partial charge >= 0.3 is 0 Å². The molecule has 4 nitrogen and oxygen atoms in total. The van der Waals surface area contributed by atoms with Crippen LogP contribution in [0.3, 0.4) is 0 Å². The fourth-order valence-corrected chi connectivity index (χ4v) is 2.15. The second kappa shape index (κ2) is 3.10. The van der Waals surface area contributed by atoms with Gasteiger partial charge in [0.15, 0.2) is 16.5 Å². The van der Waals surface area contributed by atoms with Crippen molar-refractivity contribution >= 4 is 17.2 Å². The van der Waals surface area contributed by atoms with Crippen LogP contribution in [0.4, 0.5) is 0 Å². The second-order valence-electron chi connectivity index (χ2n) is 3.70. The Bertz CT molecular complexity index is 535. The monoisotopic (exact) mass is 223 g/mol. The van der Waals surface area contributed by atoms with Gasteiger partial charge in [-0.2, -0.15) is 5.10 Å². The van der Waals surface area contributed by atoms with Crippen molar-refractivity contribution in [1.29, 1.82) is 0 Å². The summed E-state index contributed by atoms with van der Waals surface area (Å²) in [5, 5.41) is 4.77. The van der Waals surface area contributed by atoms with Crippen LogP contribution in [0.15, 0.2) is 6.20 Å². The summed E-state index contributed by atoms with van der Waals surface area (Å²) in [4.78, 5) is 4.38. The Morgan fingerprint density at radius 1 is 1.53 bits per heavy atom. The van der Waals surface area contributed by atoms with Crippen molar-refractivity contribution in [2.75, 3.05) is 6.61 Å². The molecule has 0 saturated heterocycles. The summed E-state index contributed by atoms with van der Waals surface area (Å²) >= 11 is 6.09. The Labute approximate surface area is 91.8 Å². The fraction of sp³-hybridized carbons (Fsp3) is 0.400. The molecule has 0 unspecified atom stereocenters. The van der Waals surface area contributed by atoms with Crippen molar-refractivity contribution in [2.24, 2.45) is 0 Å². The SMILES string of the molecule is Cc1cn2nc(Cl)c3c(c2n1)OCCC3. The van der Waals surface area contributed by atoms with E-state index in [4.69, 9.17) is 16.3 Å². The number of hydrogen-bond donors (Lipinski definition) is 0. The second-order valence-corrected chi connectivity index (χ2v) is 4.06. The number of hydrogen-bond acceptors (Lipinski definition) is 3. The van der Waals surface area contributed by atoms with Crippen molar-refractivity contribution in [1.82, 2.24) is 14.6 Å². The summed E-state index contributed by atoms with van der Waals surface area (Å²) < 4.78 is 7.31. The molecule has 2 aromatic heterocycles. The summed E-state index contributed by atoms with van der Waals surface area (Å²) in [7, 11) is 0. The van der Waals surface area contributed by atoms with Crippen LogP contribution in [-0.4, -0.2) is 21.2 Å². The van der Waals surface area contributed by atoms with Crippen molar-refractivity contribution < 1.29 is 4.74 Å². The highest BCUT2D eigenvalue weighted by Crippen LogP contribution is 2.32.